The van der Waals surface area contributed by atoms with E-state index in [1.807, 2.05) is 24.3 Å². The number of nitrogens with one attached hydrogen (secondary N) is 1. The van der Waals surface area contributed by atoms with Gasteiger partial charge in [0.05, 0.1) is 0 Å². The summed E-state index contributed by atoms with van der Waals surface area (Å²) in [4.78, 5) is 40.8. The normalized spacial score (nSPS) is 24.4. The van der Waals surface area contributed by atoms with E-state index in [1.54, 1.807) is 0 Å². The summed E-state index contributed by atoms with van der Waals surface area (Å²) in [7, 11) is 1.44. The summed E-state index contributed by atoms with van der Waals surface area (Å²) in [5.74, 6) is -0.942. The molecule has 2 amide bonds. The predicted octanol–water partition coefficient (Wildman–Crippen LogP) is 3.41. The summed E-state index contributed by atoms with van der Waals surface area (Å²) in [5.41, 5.74) is 4.72. The van der Waals surface area contributed by atoms with Gasteiger partial charge in [-0.3, -0.25) is 9.63 Å². The molecule has 2 fully saturated rings. The first-order valence-corrected chi connectivity index (χ1v) is 11.7. The molecule has 2 aromatic carbocycles. The number of hydrogen-bond donors (Lipinski definition) is 2. The van der Waals surface area contributed by atoms with Crippen molar-refractivity contribution < 1.29 is 29.1 Å². The molecule has 1 unspecified atom stereocenters. The Morgan fingerprint density at radius 1 is 1.00 bits per heavy atom. The maximum Gasteiger partial charge on any atom is 0.407 e. The Balaban J connectivity index is 1.13. The number of carbonyl (C=O) groups is 3. The molecule has 3 aliphatic rings. The van der Waals surface area contributed by atoms with E-state index >= 15 is 0 Å². The number of carboxylic acid groups (broad SMARTS) is 1. The molecule has 4 atom stereocenters. The number of amides is 2. The quantitative estimate of drug-likeness (QED) is 0.609. The van der Waals surface area contributed by atoms with Crippen LogP contribution in [0.5, 0.6) is 0 Å². The number of aliphatic carboxylic acids is 1. The lowest BCUT2D eigenvalue weighted by molar-refractivity contribution is -0.189. The largest absolute Gasteiger partial charge is 0.479 e. The van der Waals surface area contributed by atoms with E-state index in [4.69, 9.17) is 14.7 Å². The lowest BCUT2D eigenvalue weighted by Gasteiger charge is -2.40. The molecule has 0 saturated heterocycles. The summed E-state index contributed by atoms with van der Waals surface area (Å²) < 4.78 is 5.66. The molecule has 34 heavy (non-hydrogen) atoms. The van der Waals surface area contributed by atoms with Crippen molar-refractivity contribution in [2.45, 2.75) is 31.2 Å². The monoisotopic (exact) mass is 464 g/mol. The zero-order chi connectivity index (χ0) is 23.8. The van der Waals surface area contributed by atoms with Gasteiger partial charge in [0.15, 0.2) is 6.61 Å². The topological polar surface area (TPSA) is 105 Å². The average Bonchev–Trinajstić information content (AvgIpc) is 3.34. The zero-order valence-corrected chi connectivity index (χ0v) is 19.0. The minimum absolute atomic E-state index is 0.0105. The molecule has 2 saturated carbocycles. The molecule has 0 radical (unpaired) electrons. The van der Waals surface area contributed by atoms with Crippen LogP contribution < -0.4 is 5.32 Å². The number of hydroxylamine groups is 2. The van der Waals surface area contributed by atoms with E-state index in [0.29, 0.717) is 12.3 Å². The van der Waals surface area contributed by atoms with E-state index in [9.17, 15) is 14.4 Å². The number of carboxylic acids is 1. The van der Waals surface area contributed by atoms with Gasteiger partial charge in [0.2, 0.25) is 5.91 Å². The molecule has 8 nitrogen and oxygen atoms in total. The average molecular weight is 465 g/mol. The molecular formula is C26H28N2O6. The van der Waals surface area contributed by atoms with Gasteiger partial charge in [-0.25, -0.2) is 14.7 Å². The predicted molar refractivity (Wildman–Crippen MR) is 123 cm³/mol. The molecule has 2 N–H and O–H groups in total. The van der Waals surface area contributed by atoms with Crippen molar-refractivity contribution in [1.82, 2.24) is 10.4 Å². The van der Waals surface area contributed by atoms with Crippen molar-refractivity contribution in [1.29, 1.82) is 0 Å². The van der Waals surface area contributed by atoms with Crippen LogP contribution in [0.4, 0.5) is 4.79 Å². The fourth-order valence-corrected chi connectivity index (χ4v) is 5.86. The van der Waals surface area contributed by atoms with Gasteiger partial charge in [0, 0.05) is 24.9 Å². The Bertz CT molecular complexity index is 1070. The molecule has 8 heteroatoms. The highest BCUT2D eigenvalue weighted by Crippen LogP contribution is 2.50. The lowest BCUT2D eigenvalue weighted by Crippen LogP contribution is -2.50. The van der Waals surface area contributed by atoms with Crippen molar-refractivity contribution in [2.24, 2.45) is 17.8 Å². The standard InChI is InChI=1S/C26H28N2O6/c1-28(34-14-24(29)30)25(31)16-10-15-12-23(21(15)11-16)27-26(32)33-13-22-19-8-4-2-6-17(19)18-7-3-5-9-20(18)22/h2-9,15-16,21-23H,10-14H2,1H3,(H,27,32)(H,29,30)/t15-,16?,21-,23+/m0/s1. The Kier molecular flexibility index (Phi) is 6.00. The summed E-state index contributed by atoms with van der Waals surface area (Å²) in [6.07, 6.45) is 1.77. The van der Waals surface area contributed by atoms with Gasteiger partial charge in [-0.2, -0.15) is 0 Å². The van der Waals surface area contributed by atoms with Gasteiger partial charge >= 0.3 is 12.1 Å². The fraction of sp³-hybridized carbons (Fsp3) is 0.423. The first-order chi connectivity index (χ1) is 16.4. The highest BCUT2D eigenvalue weighted by molar-refractivity contribution is 5.79. The first-order valence-electron chi connectivity index (χ1n) is 11.7. The number of hydrogen-bond acceptors (Lipinski definition) is 5. The van der Waals surface area contributed by atoms with Crippen LogP contribution >= 0.6 is 0 Å². The summed E-state index contributed by atoms with van der Waals surface area (Å²) in [6.45, 7) is -0.277. The third-order valence-corrected chi connectivity index (χ3v) is 7.51. The highest BCUT2D eigenvalue weighted by Gasteiger charge is 2.50. The maximum atomic E-state index is 12.6. The Morgan fingerprint density at radius 2 is 1.65 bits per heavy atom. The van der Waals surface area contributed by atoms with Crippen molar-refractivity contribution >= 4 is 18.0 Å². The van der Waals surface area contributed by atoms with E-state index in [0.717, 1.165) is 17.9 Å². The zero-order valence-electron chi connectivity index (χ0n) is 19.0. The highest BCUT2D eigenvalue weighted by atomic mass is 16.7. The van der Waals surface area contributed by atoms with Crippen LogP contribution in [0.15, 0.2) is 48.5 Å². The molecular weight excluding hydrogens is 436 g/mol. The SMILES string of the molecule is CN(OCC(=O)O)C(=O)C1C[C@H]2C[C@@H](NC(=O)OCC3c4ccccc4-c4ccccc43)[C@H]2C1. The van der Waals surface area contributed by atoms with Crippen molar-refractivity contribution in [2.75, 3.05) is 20.3 Å². The second kappa shape index (κ2) is 9.10. The van der Waals surface area contributed by atoms with Crippen molar-refractivity contribution in [3.05, 3.63) is 59.7 Å². The molecule has 178 valence electrons. The smallest absolute Gasteiger partial charge is 0.407 e. The lowest BCUT2D eigenvalue weighted by atomic mass is 9.71. The second-order valence-electron chi connectivity index (χ2n) is 9.41. The number of carbonyl (C=O) groups excluding carboxylic acids is 2. The minimum atomic E-state index is -1.13. The fourth-order valence-electron chi connectivity index (χ4n) is 5.86. The number of rotatable bonds is 7. The number of fused-ring (bicyclic) bond motifs is 4. The van der Waals surface area contributed by atoms with Crippen LogP contribution in [0.2, 0.25) is 0 Å². The van der Waals surface area contributed by atoms with E-state index in [1.165, 1.54) is 29.3 Å². The number of alkyl carbamates (subject to hydrolysis) is 1. The third-order valence-electron chi connectivity index (χ3n) is 7.51. The van der Waals surface area contributed by atoms with Gasteiger partial charge in [-0.1, -0.05) is 48.5 Å². The molecule has 5 rings (SSSR count). The van der Waals surface area contributed by atoms with Crippen LogP contribution in [0.3, 0.4) is 0 Å². The minimum Gasteiger partial charge on any atom is -0.479 e. The van der Waals surface area contributed by atoms with Crippen LogP contribution in [-0.2, 0) is 19.2 Å². The van der Waals surface area contributed by atoms with Crippen LogP contribution in [-0.4, -0.2) is 54.4 Å². The van der Waals surface area contributed by atoms with E-state index < -0.39 is 18.7 Å². The maximum absolute atomic E-state index is 12.6. The van der Waals surface area contributed by atoms with Gasteiger partial charge < -0.3 is 15.2 Å². The van der Waals surface area contributed by atoms with Crippen molar-refractivity contribution in [3.8, 4) is 11.1 Å². The van der Waals surface area contributed by atoms with Gasteiger partial charge in [0.1, 0.15) is 6.61 Å². The summed E-state index contributed by atoms with van der Waals surface area (Å²) in [5, 5.41) is 12.7. The van der Waals surface area contributed by atoms with Gasteiger partial charge in [-0.15, -0.1) is 0 Å². The molecule has 0 aliphatic heterocycles. The summed E-state index contributed by atoms with van der Waals surface area (Å²) >= 11 is 0. The summed E-state index contributed by atoms with van der Waals surface area (Å²) in [6, 6.07) is 16.4. The van der Waals surface area contributed by atoms with E-state index in [-0.39, 0.29) is 36.3 Å². The first kappa shape index (κ1) is 22.4. The van der Waals surface area contributed by atoms with Gasteiger partial charge in [0.25, 0.3) is 0 Å². The molecule has 2 aromatic rings. The van der Waals surface area contributed by atoms with Crippen LogP contribution in [0.25, 0.3) is 11.1 Å². The Morgan fingerprint density at radius 3 is 2.29 bits per heavy atom. The Labute approximate surface area is 197 Å². The third kappa shape index (κ3) is 4.14. The molecule has 0 aromatic heterocycles. The number of benzene rings is 2. The molecule has 0 spiro atoms. The number of nitrogens with zero attached hydrogens (tertiary/aromatic N) is 1. The van der Waals surface area contributed by atoms with Gasteiger partial charge in [-0.05, 0) is 53.4 Å². The molecule has 0 heterocycles. The van der Waals surface area contributed by atoms with E-state index in [2.05, 4.69) is 29.6 Å². The molecule has 3 aliphatic carbocycles. The Hall–Kier alpha value is -3.39. The second-order valence-corrected chi connectivity index (χ2v) is 9.41. The van der Waals surface area contributed by atoms with Crippen LogP contribution in [0.1, 0.15) is 36.3 Å². The van der Waals surface area contributed by atoms with Crippen LogP contribution in [0, 0.1) is 17.8 Å². The van der Waals surface area contributed by atoms with Crippen molar-refractivity contribution in [3.63, 3.8) is 0 Å². The molecule has 0 bridgehead atoms. The number of ether oxygens (including phenoxy) is 1.